The summed E-state index contributed by atoms with van der Waals surface area (Å²) in [5.74, 6) is -0.546. The number of likely N-dealkylation sites (tertiary alicyclic amines) is 2. The lowest BCUT2D eigenvalue weighted by Crippen LogP contribution is -2.62. The van der Waals surface area contributed by atoms with Crippen molar-refractivity contribution < 1.29 is 23.9 Å². The standard InChI is InChI=1S/C24H27N3O5/c1-14(2)27-13-23-8-7-17(31-23)18(19(23)22(27)30)21(29)26-11-9-24(10-12-26)25-20(28)15-5-3-4-6-16(15)32-24/h3-8,14,17-19H,9-13H2,1-2H3,(H,25,28). The molecular formula is C24H27N3O5. The minimum Gasteiger partial charge on any atom is -0.467 e. The first-order valence-electron chi connectivity index (χ1n) is 11.4. The van der Waals surface area contributed by atoms with Gasteiger partial charge in [0.1, 0.15) is 11.4 Å². The second kappa shape index (κ2) is 6.57. The summed E-state index contributed by atoms with van der Waals surface area (Å²) >= 11 is 0. The molecule has 1 N–H and O–H groups in total. The molecule has 0 saturated carbocycles. The number of benzene rings is 1. The molecule has 0 aromatic heterocycles. The smallest absolute Gasteiger partial charge is 0.258 e. The number of hydrogen-bond donors (Lipinski definition) is 1. The van der Waals surface area contributed by atoms with Crippen LogP contribution in [-0.4, -0.2) is 70.6 Å². The van der Waals surface area contributed by atoms with Crippen LogP contribution in [-0.2, 0) is 14.3 Å². The number of rotatable bonds is 2. The van der Waals surface area contributed by atoms with Gasteiger partial charge in [-0.2, -0.15) is 0 Å². The van der Waals surface area contributed by atoms with Gasteiger partial charge in [-0.25, -0.2) is 0 Å². The Morgan fingerprint density at radius 3 is 2.69 bits per heavy atom. The van der Waals surface area contributed by atoms with Crippen molar-refractivity contribution in [3.05, 3.63) is 42.0 Å². The van der Waals surface area contributed by atoms with E-state index in [1.54, 1.807) is 12.1 Å². The van der Waals surface area contributed by atoms with Gasteiger partial charge < -0.3 is 24.6 Å². The summed E-state index contributed by atoms with van der Waals surface area (Å²) in [5, 5.41) is 3.01. The summed E-state index contributed by atoms with van der Waals surface area (Å²) in [7, 11) is 0. The Labute approximate surface area is 186 Å². The monoisotopic (exact) mass is 437 g/mol. The first kappa shape index (κ1) is 19.8. The van der Waals surface area contributed by atoms with Gasteiger partial charge in [-0.15, -0.1) is 0 Å². The Morgan fingerprint density at radius 2 is 1.94 bits per heavy atom. The van der Waals surface area contributed by atoms with Gasteiger partial charge in [-0.05, 0) is 26.0 Å². The Bertz CT molecular complexity index is 1040. The minimum atomic E-state index is -0.799. The van der Waals surface area contributed by atoms with Crippen LogP contribution in [0.1, 0.15) is 37.0 Å². The van der Waals surface area contributed by atoms with E-state index in [-0.39, 0.29) is 29.9 Å². The molecule has 6 rings (SSSR count). The van der Waals surface area contributed by atoms with Gasteiger partial charge in [-0.1, -0.05) is 24.3 Å². The maximum Gasteiger partial charge on any atom is 0.258 e. The van der Waals surface area contributed by atoms with Gasteiger partial charge in [0, 0.05) is 32.0 Å². The van der Waals surface area contributed by atoms with E-state index in [1.165, 1.54) is 0 Å². The second-order valence-electron chi connectivity index (χ2n) is 9.83. The number of carbonyl (C=O) groups excluding carboxylic acids is 3. The molecule has 5 aliphatic rings. The first-order chi connectivity index (χ1) is 15.3. The Hall–Kier alpha value is -2.87. The van der Waals surface area contributed by atoms with Crippen molar-refractivity contribution in [1.29, 1.82) is 0 Å². The van der Waals surface area contributed by atoms with Gasteiger partial charge in [0.15, 0.2) is 5.72 Å². The van der Waals surface area contributed by atoms with Crippen molar-refractivity contribution >= 4 is 17.7 Å². The molecule has 5 aliphatic heterocycles. The number of para-hydroxylation sites is 1. The Morgan fingerprint density at radius 1 is 1.19 bits per heavy atom. The Kier molecular flexibility index (Phi) is 4.06. The molecule has 4 unspecified atom stereocenters. The molecule has 3 amide bonds. The molecule has 168 valence electrons. The molecule has 8 heteroatoms. The average molecular weight is 437 g/mol. The SMILES string of the molecule is CC(C)N1CC23C=CC(O2)C(C(=O)N2CCC4(CC2)NC(=O)c2ccccc2O4)C3C1=O. The number of piperidine rings is 1. The summed E-state index contributed by atoms with van der Waals surface area (Å²) in [5.41, 5.74) is -0.943. The fourth-order valence-corrected chi connectivity index (χ4v) is 6.03. The van der Waals surface area contributed by atoms with Crippen molar-refractivity contribution in [2.45, 2.75) is 50.2 Å². The van der Waals surface area contributed by atoms with E-state index in [0.717, 1.165) is 0 Å². The number of carbonyl (C=O) groups is 3. The third kappa shape index (κ3) is 2.62. The molecule has 0 aliphatic carbocycles. The second-order valence-corrected chi connectivity index (χ2v) is 9.83. The predicted molar refractivity (Wildman–Crippen MR) is 114 cm³/mol. The molecule has 32 heavy (non-hydrogen) atoms. The highest BCUT2D eigenvalue weighted by molar-refractivity contribution is 5.98. The first-order valence-corrected chi connectivity index (χ1v) is 11.4. The normalized spacial score (nSPS) is 34.0. The van der Waals surface area contributed by atoms with Crippen LogP contribution in [0.3, 0.4) is 0 Å². The quantitative estimate of drug-likeness (QED) is 0.705. The highest BCUT2D eigenvalue weighted by Crippen LogP contribution is 2.53. The molecule has 8 nitrogen and oxygen atoms in total. The molecule has 1 aromatic rings. The predicted octanol–water partition coefficient (Wildman–Crippen LogP) is 1.32. The van der Waals surface area contributed by atoms with Gasteiger partial charge in [0.2, 0.25) is 11.8 Å². The minimum absolute atomic E-state index is 0.0122. The van der Waals surface area contributed by atoms with Crippen molar-refractivity contribution in [3.8, 4) is 5.75 Å². The lowest BCUT2D eigenvalue weighted by Gasteiger charge is -2.45. The molecule has 4 atom stereocenters. The van der Waals surface area contributed by atoms with Crippen LogP contribution in [0, 0.1) is 11.8 Å². The van der Waals surface area contributed by atoms with Crippen molar-refractivity contribution in [2.24, 2.45) is 11.8 Å². The lowest BCUT2D eigenvalue weighted by atomic mass is 9.76. The zero-order valence-electron chi connectivity index (χ0n) is 18.2. The average Bonchev–Trinajstić information content (AvgIpc) is 3.42. The van der Waals surface area contributed by atoms with Crippen molar-refractivity contribution in [1.82, 2.24) is 15.1 Å². The number of nitrogens with one attached hydrogen (secondary N) is 1. The summed E-state index contributed by atoms with van der Waals surface area (Å²) in [6, 6.07) is 7.27. The zero-order valence-corrected chi connectivity index (χ0v) is 18.2. The zero-order chi connectivity index (χ0) is 22.3. The maximum absolute atomic E-state index is 13.6. The fraction of sp³-hybridized carbons (Fsp3) is 0.542. The molecule has 1 aromatic carbocycles. The van der Waals surface area contributed by atoms with Crippen LogP contribution >= 0.6 is 0 Å². The fourth-order valence-electron chi connectivity index (χ4n) is 6.03. The van der Waals surface area contributed by atoms with E-state index in [4.69, 9.17) is 9.47 Å². The van der Waals surface area contributed by atoms with E-state index in [1.807, 2.05) is 47.9 Å². The van der Waals surface area contributed by atoms with Crippen LogP contribution in [0.15, 0.2) is 36.4 Å². The number of ether oxygens (including phenoxy) is 2. The van der Waals surface area contributed by atoms with Gasteiger partial charge in [0.25, 0.3) is 5.91 Å². The molecular weight excluding hydrogens is 410 g/mol. The number of amides is 3. The van der Waals surface area contributed by atoms with E-state index in [0.29, 0.717) is 43.8 Å². The van der Waals surface area contributed by atoms with Crippen molar-refractivity contribution in [3.63, 3.8) is 0 Å². The summed E-state index contributed by atoms with van der Waals surface area (Å²) in [4.78, 5) is 43.0. The van der Waals surface area contributed by atoms with Crippen LogP contribution in [0.5, 0.6) is 5.75 Å². The maximum atomic E-state index is 13.6. The number of fused-ring (bicyclic) bond motifs is 2. The summed E-state index contributed by atoms with van der Waals surface area (Å²) in [6.45, 7) is 5.39. The highest BCUT2D eigenvalue weighted by Gasteiger charge is 2.67. The lowest BCUT2D eigenvalue weighted by molar-refractivity contribution is -0.146. The van der Waals surface area contributed by atoms with Crippen LogP contribution in [0.25, 0.3) is 0 Å². The van der Waals surface area contributed by atoms with Crippen LogP contribution in [0.2, 0.25) is 0 Å². The van der Waals surface area contributed by atoms with Crippen LogP contribution in [0.4, 0.5) is 0 Å². The molecule has 3 saturated heterocycles. The number of hydrogen-bond acceptors (Lipinski definition) is 5. The van der Waals surface area contributed by atoms with E-state index < -0.39 is 23.2 Å². The van der Waals surface area contributed by atoms with Crippen LogP contribution < -0.4 is 10.1 Å². The summed E-state index contributed by atoms with van der Waals surface area (Å²) < 4.78 is 12.4. The third-order valence-electron chi connectivity index (χ3n) is 7.70. The number of nitrogens with zero attached hydrogens (tertiary/aromatic N) is 2. The Balaban J connectivity index is 1.19. The highest BCUT2D eigenvalue weighted by atomic mass is 16.5. The van der Waals surface area contributed by atoms with Gasteiger partial charge in [0.05, 0.1) is 30.0 Å². The molecule has 0 radical (unpaired) electrons. The van der Waals surface area contributed by atoms with Crippen molar-refractivity contribution in [2.75, 3.05) is 19.6 Å². The molecule has 5 heterocycles. The largest absolute Gasteiger partial charge is 0.467 e. The van der Waals surface area contributed by atoms with E-state index in [9.17, 15) is 14.4 Å². The van der Waals surface area contributed by atoms with E-state index >= 15 is 0 Å². The van der Waals surface area contributed by atoms with Gasteiger partial charge in [-0.3, -0.25) is 14.4 Å². The third-order valence-corrected chi connectivity index (χ3v) is 7.70. The topological polar surface area (TPSA) is 88.2 Å². The van der Waals surface area contributed by atoms with E-state index in [2.05, 4.69) is 5.32 Å². The molecule has 3 fully saturated rings. The molecule has 2 spiro atoms. The summed E-state index contributed by atoms with van der Waals surface area (Å²) in [6.07, 6.45) is 4.58. The van der Waals surface area contributed by atoms with Gasteiger partial charge >= 0.3 is 0 Å². The molecule has 2 bridgehead atoms.